The highest BCUT2D eigenvalue weighted by Gasteiger charge is 2.34. The third-order valence-corrected chi connectivity index (χ3v) is 7.19. The van der Waals surface area contributed by atoms with Crippen molar-refractivity contribution in [3.05, 3.63) is 71.2 Å². The maximum Gasteiger partial charge on any atom is 0.255 e. The van der Waals surface area contributed by atoms with Gasteiger partial charge in [-0.05, 0) is 37.3 Å². The number of sulfonamides is 1. The van der Waals surface area contributed by atoms with Gasteiger partial charge in [-0.25, -0.2) is 21.6 Å². The van der Waals surface area contributed by atoms with Crippen molar-refractivity contribution in [3.63, 3.8) is 0 Å². The summed E-state index contributed by atoms with van der Waals surface area (Å²) in [6.07, 6.45) is 0. The minimum atomic E-state index is -4.38. The molecule has 0 N–H and O–H groups in total. The summed E-state index contributed by atoms with van der Waals surface area (Å²) in [5.74, 6) is -3.09. The lowest BCUT2D eigenvalue weighted by atomic mass is 10.1. The second kappa shape index (κ2) is 7.93. The highest BCUT2D eigenvalue weighted by atomic mass is 32.2. The van der Waals surface area contributed by atoms with Crippen LogP contribution in [0.1, 0.15) is 16.1 Å². The zero-order chi connectivity index (χ0) is 22.3. The number of carbonyl (C=O) groups is 1. The maximum atomic E-state index is 14.0. The Morgan fingerprint density at radius 3 is 2.26 bits per heavy atom. The monoisotopic (exact) mass is 449 g/mol. The summed E-state index contributed by atoms with van der Waals surface area (Å²) in [4.78, 5) is 17.8. The Kier molecular flexibility index (Phi) is 5.44. The van der Waals surface area contributed by atoms with Gasteiger partial charge in [0.05, 0.1) is 16.8 Å². The van der Waals surface area contributed by atoms with Gasteiger partial charge in [0.2, 0.25) is 10.0 Å². The normalized spacial score (nSPS) is 15.4. The molecular weight excluding hydrogens is 431 g/mol. The van der Waals surface area contributed by atoms with Crippen LogP contribution in [0.4, 0.5) is 13.2 Å². The lowest BCUT2D eigenvalue weighted by molar-refractivity contribution is 0.0696. The summed E-state index contributed by atoms with van der Waals surface area (Å²) in [6.45, 7) is 1.53. The lowest BCUT2D eigenvalue weighted by Crippen LogP contribution is -2.50. The van der Waals surface area contributed by atoms with Crippen molar-refractivity contribution in [1.82, 2.24) is 14.2 Å². The first kappa shape index (κ1) is 21.3. The Balaban J connectivity index is 1.54. The summed E-state index contributed by atoms with van der Waals surface area (Å²) in [7, 11) is -4.38. The van der Waals surface area contributed by atoms with Gasteiger partial charge in [-0.15, -0.1) is 0 Å². The van der Waals surface area contributed by atoms with Crippen LogP contribution in [-0.2, 0) is 10.0 Å². The minimum Gasteiger partial charge on any atom is -0.336 e. The zero-order valence-electron chi connectivity index (χ0n) is 16.5. The van der Waals surface area contributed by atoms with E-state index in [-0.39, 0.29) is 32.1 Å². The van der Waals surface area contributed by atoms with Crippen molar-refractivity contribution in [2.45, 2.75) is 11.8 Å². The van der Waals surface area contributed by atoms with Crippen LogP contribution >= 0.6 is 0 Å². The summed E-state index contributed by atoms with van der Waals surface area (Å²) >= 11 is 0. The molecule has 1 aliphatic heterocycles. The van der Waals surface area contributed by atoms with Crippen LogP contribution in [0.3, 0.4) is 0 Å². The Hall–Kier alpha value is -2.98. The van der Waals surface area contributed by atoms with E-state index in [9.17, 15) is 26.4 Å². The fraction of sp³-hybridized carbons (Fsp3) is 0.238. The van der Waals surface area contributed by atoms with E-state index in [0.717, 1.165) is 22.5 Å². The Morgan fingerprint density at radius 2 is 1.61 bits per heavy atom. The molecule has 6 nitrogen and oxygen atoms in total. The molecule has 31 heavy (non-hydrogen) atoms. The van der Waals surface area contributed by atoms with E-state index in [1.54, 1.807) is 13.0 Å². The summed E-state index contributed by atoms with van der Waals surface area (Å²) in [6, 6.07) is 8.57. The smallest absolute Gasteiger partial charge is 0.255 e. The number of aromatic nitrogens is 1. The van der Waals surface area contributed by atoms with Crippen LogP contribution in [0.5, 0.6) is 0 Å². The molecule has 2 heterocycles. The number of amides is 1. The SMILES string of the molecule is Cc1nc2cc(F)ccc2cc1C(=O)N1CCN(S(=O)(=O)c2c(F)cccc2F)CC1. The molecule has 1 aliphatic rings. The average molecular weight is 449 g/mol. The van der Waals surface area contributed by atoms with Gasteiger partial charge in [-0.1, -0.05) is 6.07 Å². The summed E-state index contributed by atoms with van der Waals surface area (Å²) in [5.41, 5.74) is 1.18. The number of pyridine rings is 1. The molecule has 1 aromatic heterocycles. The van der Waals surface area contributed by atoms with E-state index in [0.29, 0.717) is 22.2 Å². The van der Waals surface area contributed by atoms with Crippen LogP contribution in [0.25, 0.3) is 10.9 Å². The standard InChI is InChI=1S/C21H18F3N3O3S/c1-13-16(11-14-5-6-15(22)12-19(14)25-13)21(28)26-7-9-27(10-8-26)31(29,30)20-17(23)3-2-4-18(20)24/h2-6,11-12H,7-10H2,1H3. The van der Waals surface area contributed by atoms with Gasteiger partial charge in [0.1, 0.15) is 17.5 Å². The van der Waals surface area contributed by atoms with Gasteiger partial charge in [0, 0.05) is 37.6 Å². The first-order chi connectivity index (χ1) is 14.7. The first-order valence-electron chi connectivity index (χ1n) is 9.49. The summed E-state index contributed by atoms with van der Waals surface area (Å²) < 4.78 is 67.8. The van der Waals surface area contributed by atoms with Crippen LogP contribution in [-0.4, -0.2) is 54.7 Å². The fourth-order valence-corrected chi connectivity index (χ4v) is 5.14. The van der Waals surface area contributed by atoms with Crippen molar-refractivity contribution in [2.24, 2.45) is 0 Å². The Labute approximate surface area is 177 Å². The first-order valence-corrected chi connectivity index (χ1v) is 10.9. The van der Waals surface area contributed by atoms with E-state index >= 15 is 0 Å². The topological polar surface area (TPSA) is 70.6 Å². The molecule has 1 fully saturated rings. The predicted octanol–water partition coefficient (Wildman–Crippen LogP) is 3.11. The van der Waals surface area contributed by atoms with Gasteiger partial charge in [-0.2, -0.15) is 4.31 Å². The number of piperazine rings is 1. The number of hydrogen-bond donors (Lipinski definition) is 0. The molecule has 2 aromatic carbocycles. The molecule has 0 saturated carbocycles. The molecule has 0 radical (unpaired) electrons. The largest absolute Gasteiger partial charge is 0.336 e. The number of fused-ring (bicyclic) bond motifs is 1. The number of rotatable bonds is 3. The fourth-order valence-electron chi connectivity index (χ4n) is 3.61. The highest BCUT2D eigenvalue weighted by molar-refractivity contribution is 7.89. The predicted molar refractivity (Wildman–Crippen MR) is 107 cm³/mol. The van der Waals surface area contributed by atoms with E-state index < -0.39 is 32.4 Å². The molecule has 0 aliphatic carbocycles. The van der Waals surface area contributed by atoms with E-state index in [4.69, 9.17) is 0 Å². The third kappa shape index (κ3) is 3.88. The number of carbonyl (C=O) groups excluding carboxylic acids is 1. The molecule has 1 saturated heterocycles. The van der Waals surface area contributed by atoms with Crippen molar-refractivity contribution in [2.75, 3.05) is 26.2 Å². The molecular formula is C21H18F3N3O3S. The van der Waals surface area contributed by atoms with Crippen molar-refractivity contribution >= 4 is 26.8 Å². The minimum absolute atomic E-state index is 0.0506. The van der Waals surface area contributed by atoms with Gasteiger partial charge < -0.3 is 4.90 Å². The van der Waals surface area contributed by atoms with Gasteiger partial charge in [0.25, 0.3) is 5.91 Å². The second-order valence-corrected chi connectivity index (χ2v) is 9.08. The Bertz CT molecular complexity index is 1270. The molecule has 3 aromatic rings. The quantitative estimate of drug-likeness (QED) is 0.616. The van der Waals surface area contributed by atoms with Crippen molar-refractivity contribution in [3.8, 4) is 0 Å². The second-order valence-electron chi connectivity index (χ2n) is 7.21. The van der Waals surface area contributed by atoms with E-state index in [1.807, 2.05) is 0 Å². The van der Waals surface area contributed by atoms with Crippen LogP contribution < -0.4 is 0 Å². The van der Waals surface area contributed by atoms with Gasteiger partial charge >= 0.3 is 0 Å². The lowest BCUT2D eigenvalue weighted by Gasteiger charge is -2.34. The average Bonchev–Trinajstić information content (AvgIpc) is 2.72. The molecule has 0 spiro atoms. The zero-order valence-corrected chi connectivity index (χ0v) is 17.3. The van der Waals surface area contributed by atoms with Crippen LogP contribution in [0, 0.1) is 24.4 Å². The van der Waals surface area contributed by atoms with Gasteiger partial charge in [0.15, 0.2) is 4.90 Å². The molecule has 162 valence electrons. The number of benzene rings is 2. The van der Waals surface area contributed by atoms with Gasteiger partial charge in [-0.3, -0.25) is 9.78 Å². The van der Waals surface area contributed by atoms with Crippen molar-refractivity contribution < 1.29 is 26.4 Å². The maximum absolute atomic E-state index is 14.0. The molecule has 1 amide bonds. The molecule has 4 rings (SSSR count). The third-order valence-electron chi connectivity index (χ3n) is 5.24. The van der Waals surface area contributed by atoms with E-state index in [1.165, 1.54) is 23.1 Å². The summed E-state index contributed by atoms with van der Waals surface area (Å²) in [5, 5.41) is 0.603. The number of halogens is 3. The molecule has 10 heteroatoms. The molecule has 0 bridgehead atoms. The number of aryl methyl sites for hydroxylation is 1. The highest BCUT2D eigenvalue weighted by Crippen LogP contribution is 2.25. The molecule has 0 unspecified atom stereocenters. The van der Waals surface area contributed by atoms with Crippen LogP contribution in [0.2, 0.25) is 0 Å². The number of nitrogens with zero attached hydrogens (tertiary/aromatic N) is 3. The van der Waals surface area contributed by atoms with E-state index in [2.05, 4.69) is 4.98 Å². The molecule has 0 atom stereocenters. The Morgan fingerprint density at radius 1 is 0.968 bits per heavy atom. The van der Waals surface area contributed by atoms with Crippen molar-refractivity contribution in [1.29, 1.82) is 0 Å². The van der Waals surface area contributed by atoms with Crippen LogP contribution in [0.15, 0.2) is 47.4 Å². The number of hydrogen-bond acceptors (Lipinski definition) is 4.